The van der Waals surface area contributed by atoms with Gasteiger partial charge in [-0.2, -0.15) is 5.10 Å². The standard InChI is InChI=1S/C24H20F3N5O2/c1-14-12-31(13-28-14)19-5-3-15(9-20(19)34-2)4-6-21-29-23-24(33,7-8-32(23)30-21)16-10-17(25)22(27)18(26)11-16/h3-6,9-13,33H,7-8H2,1-2H3. The highest BCUT2D eigenvalue weighted by atomic mass is 19.2. The maximum absolute atomic E-state index is 13.8. The molecule has 5 rings (SSSR count). The van der Waals surface area contributed by atoms with Gasteiger partial charge in [-0.05, 0) is 48.4 Å². The highest BCUT2D eigenvalue weighted by Crippen LogP contribution is 2.38. The molecule has 34 heavy (non-hydrogen) atoms. The molecule has 1 N–H and O–H groups in total. The van der Waals surface area contributed by atoms with Crippen molar-refractivity contribution in [3.8, 4) is 11.4 Å². The van der Waals surface area contributed by atoms with E-state index in [1.807, 2.05) is 35.9 Å². The molecule has 0 fully saturated rings. The van der Waals surface area contributed by atoms with Gasteiger partial charge in [0, 0.05) is 19.2 Å². The number of methoxy groups -OCH3 is 1. The van der Waals surface area contributed by atoms with E-state index in [4.69, 9.17) is 4.74 Å². The largest absolute Gasteiger partial charge is 0.495 e. The number of halogens is 3. The van der Waals surface area contributed by atoms with Crippen LogP contribution in [0.2, 0.25) is 0 Å². The molecule has 0 saturated carbocycles. The minimum atomic E-state index is -1.78. The molecule has 1 unspecified atom stereocenters. The Morgan fingerprint density at radius 1 is 1.12 bits per heavy atom. The van der Waals surface area contributed by atoms with Crippen molar-refractivity contribution in [1.29, 1.82) is 0 Å². The number of aromatic nitrogens is 5. The third-order valence-corrected chi connectivity index (χ3v) is 5.82. The molecule has 0 spiro atoms. The number of aryl methyl sites for hydroxylation is 2. The van der Waals surface area contributed by atoms with E-state index in [1.54, 1.807) is 25.6 Å². The average molecular weight is 467 g/mol. The van der Waals surface area contributed by atoms with E-state index < -0.39 is 23.1 Å². The lowest BCUT2D eigenvalue weighted by Crippen LogP contribution is -2.26. The quantitative estimate of drug-likeness (QED) is 0.449. The van der Waals surface area contributed by atoms with Crippen LogP contribution >= 0.6 is 0 Å². The van der Waals surface area contributed by atoms with E-state index in [0.717, 1.165) is 29.1 Å². The molecule has 3 heterocycles. The van der Waals surface area contributed by atoms with Gasteiger partial charge in [-0.1, -0.05) is 12.1 Å². The van der Waals surface area contributed by atoms with Crippen LogP contribution in [0.25, 0.3) is 17.8 Å². The molecule has 0 bridgehead atoms. The van der Waals surface area contributed by atoms with Crippen LogP contribution in [0.5, 0.6) is 5.75 Å². The van der Waals surface area contributed by atoms with Gasteiger partial charge in [0.2, 0.25) is 0 Å². The summed E-state index contributed by atoms with van der Waals surface area (Å²) >= 11 is 0. The van der Waals surface area contributed by atoms with E-state index >= 15 is 0 Å². The van der Waals surface area contributed by atoms with Gasteiger partial charge in [-0.15, -0.1) is 0 Å². The third-order valence-electron chi connectivity index (χ3n) is 5.82. The minimum absolute atomic E-state index is 0.111. The number of hydrogen-bond acceptors (Lipinski definition) is 5. The van der Waals surface area contributed by atoms with Crippen LogP contribution < -0.4 is 4.74 Å². The molecule has 10 heteroatoms. The number of fused-ring (bicyclic) bond motifs is 1. The van der Waals surface area contributed by atoms with E-state index in [9.17, 15) is 18.3 Å². The van der Waals surface area contributed by atoms with Gasteiger partial charge in [-0.3, -0.25) is 0 Å². The van der Waals surface area contributed by atoms with Crippen molar-refractivity contribution < 1.29 is 23.0 Å². The number of aliphatic hydroxyl groups is 1. The molecule has 7 nitrogen and oxygen atoms in total. The van der Waals surface area contributed by atoms with Crippen molar-refractivity contribution in [3.05, 3.63) is 88.8 Å². The normalized spacial score (nSPS) is 17.5. The summed E-state index contributed by atoms with van der Waals surface area (Å²) < 4.78 is 49.7. The second-order valence-corrected chi connectivity index (χ2v) is 8.07. The van der Waals surface area contributed by atoms with E-state index in [1.165, 1.54) is 4.68 Å². The predicted molar refractivity (Wildman–Crippen MR) is 118 cm³/mol. The highest BCUT2D eigenvalue weighted by Gasteiger charge is 2.42. The highest BCUT2D eigenvalue weighted by molar-refractivity contribution is 5.69. The van der Waals surface area contributed by atoms with Crippen LogP contribution in [0, 0.1) is 24.4 Å². The van der Waals surface area contributed by atoms with Gasteiger partial charge in [0.05, 0.1) is 24.8 Å². The minimum Gasteiger partial charge on any atom is -0.495 e. The SMILES string of the molecule is COc1cc(C=Cc2nc3n(n2)CCC3(O)c2cc(F)c(F)c(F)c2)ccc1-n1cnc(C)c1. The van der Waals surface area contributed by atoms with Crippen LogP contribution in [0.4, 0.5) is 13.2 Å². The van der Waals surface area contributed by atoms with Crippen LogP contribution in [0.15, 0.2) is 42.9 Å². The lowest BCUT2D eigenvalue weighted by Gasteiger charge is -2.21. The van der Waals surface area contributed by atoms with Gasteiger partial charge in [-0.25, -0.2) is 27.8 Å². The van der Waals surface area contributed by atoms with Crippen LogP contribution in [0.3, 0.4) is 0 Å². The Hall–Kier alpha value is -3.92. The van der Waals surface area contributed by atoms with Crippen molar-refractivity contribution in [2.75, 3.05) is 7.11 Å². The molecule has 1 atom stereocenters. The summed E-state index contributed by atoms with van der Waals surface area (Å²) in [5.74, 6) is -3.23. The maximum atomic E-state index is 13.8. The Morgan fingerprint density at radius 2 is 1.88 bits per heavy atom. The molecular weight excluding hydrogens is 447 g/mol. The van der Waals surface area contributed by atoms with Crippen LogP contribution in [0.1, 0.15) is 34.9 Å². The average Bonchev–Trinajstić information content (AvgIpc) is 3.52. The second kappa shape index (κ2) is 8.14. The van der Waals surface area contributed by atoms with Crippen LogP contribution in [-0.2, 0) is 12.1 Å². The third kappa shape index (κ3) is 3.65. The van der Waals surface area contributed by atoms with E-state index in [-0.39, 0.29) is 17.8 Å². The smallest absolute Gasteiger partial charge is 0.194 e. The molecule has 4 aromatic rings. The summed E-state index contributed by atoms with van der Waals surface area (Å²) in [6.07, 6.45) is 7.16. The van der Waals surface area contributed by atoms with E-state index in [0.29, 0.717) is 18.1 Å². The summed E-state index contributed by atoms with van der Waals surface area (Å²) in [6, 6.07) is 7.22. The monoisotopic (exact) mass is 467 g/mol. The van der Waals surface area contributed by atoms with Gasteiger partial charge in [0.1, 0.15) is 5.75 Å². The van der Waals surface area contributed by atoms with Gasteiger partial charge >= 0.3 is 0 Å². The van der Waals surface area contributed by atoms with Crippen LogP contribution in [-0.4, -0.2) is 36.5 Å². The molecule has 2 aromatic heterocycles. The summed E-state index contributed by atoms with van der Waals surface area (Å²) in [6.45, 7) is 2.19. The molecular formula is C24H20F3N5O2. The zero-order chi connectivity index (χ0) is 24.0. The molecule has 0 amide bonds. The van der Waals surface area contributed by atoms with Gasteiger partial charge in [0.25, 0.3) is 0 Å². The summed E-state index contributed by atoms with van der Waals surface area (Å²) in [7, 11) is 1.58. The lowest BCUT2D eigenvalue weighted by atomic mass is 9.91. The topological polar surface area (TPSA) is 78.0 Å². The molecule has 1 aliphatic heterocycles. The Bertz CT molecular complexity index is 1400. The number of benzene rings is 2. The lowest BCUT2D eigenvalue weighted by molar-refractivity contribution is 0.0776. The summed E-state index contributed by atoms with van der Waals surface area (Å²) in [4.78, 5) is 8.59. The first-order chi connectivity index (χ1) is 16.3. The van der Waals surface area contributed by atoms with Crippen molar-refractivity contribution in [1.82, 2.24) is 24.3 Å². The molecule has 2 aromatic carbocycles. The number of ether oxygens (including phenoxy) is 1. The summed E-state index contributed by atoms with van der Waals surface area (Å²) in [5.41, 5.74) is 0.660. The number of rotatable bonds is 5. The fourth-order valence-electron chi connectivity index (χ4n) is 4.07. The first kappa shape index (κ1) is 21.9. The fourth-order valence-corrected chi connectivity index (χ4v) is 4.07. The number of imidazole rings is 1. The second-order valence-electron chi connectivity index (χ2n) is 8.07. The predicted octanol–water partition coefficient (Wildman–Crippen LogP) is 4.01. The molecule has 174 valence electrons. The maximum Gasteiger partial charge on any atom is 0.194 e. The van der Waals surface area contributed by atoms with Crippen molar-refractivity contribution in [3.63, 3.8) is 0 Å². The first-order valence-corrected chi connectivity index (χ1v) is 10.5. The Kier molecular flexibility index (Phi) is 5.24. The van der Waals surface area contributed by atoms with Gasteiger partial charge < -0.3 is 14.4 Å². The van der Waals surface area contributed by atoms with Crippen molar-refractivity contribution in [2.24, 2.45) is 0 Å². The molecule has 0 saturated heterocycles. The Balaban J connectivity index is 1.43. The first-order valence-electron chi connectivity index (χ1n) is 10.5. The molecule has 1 aliphatic rings. The zero-order valence-electron chi connectivity index (χ0n) is 18.3. The molecule has 0 aliphatic carbocycles. The Labute approximate surface area is 192 Å². The fraction of sp³-hybridized carbons (Fsp3) is 0.208. The van der Waals surface area contributed by atoms with Crippen molar-refractivity contribution >= 4 is 12.2 Å². The zero-order valence-corrected chi connectivity index (χ0v) is 18.3. The summed E-state index contributed by atoms with van der Waals surface area (Å²) in [5, 5.41) is 15.5. The number of nitrogens with zero attached hydrogens (tertiary/aromatic N) is 5. The number of hydrogen-bond donors (Lipinski definition) is 1. The van der Waals surface area contributed by atoms with E-state index in [2.05, 4.69) is 15.1 Å². The van der Waals surface area contributed by atoms with Crippen molar-refractivity contribution in [2.45, 2.75) is 25.5 Å². The van der Waals surface area contributed by atoms with Gasteiger partial charge in [0.15, 0.2) is 34.7 Å². The Morgan fingerprint density at radius 3 is 2.56 bits per heavy atom. The molecule has 0 radical (unpaired) electrons.